The number of nitriles is 1. The van der Waals surface area contributed by atoms with Crippen molar-refractivity contribution in [3.63, 3.8) is 0 Å². The van der Waals surface area contributed by atoms with Gasteiger partial charge >= 0.3 is 0 Å². The summed E-state index contributed by atoms with van der Waals surface area (Å²) in [7, 11) is 0. The lowest BCUT2D eigenvalue weighted by Gasteiger charge is -2.39. The highest BCUT2D eigenvalue weighted by Crippen LogP contribution is 2.28. The van der Waals surface area contributed by atoms with Crippen molar-refractivity contribution < 1.29 is 0 Å². The molecule has 0 amide bonds. The molecule has 106 valence electrons. The lowest BCUT2D eigenvalue weighted by molar-refractivity contribution is 0.196. The second-order valence-electron chi connectivity index (χ2n) is 5.45. The number of anilines is 1. The van der Waals surface area contributed by atoms with E-state index in [4.69, 9.17) is 5.26 Å². The maximum absolute atomic E-state index is 8.92. The van der Waals surface area contributed by atoms with Crippen molar-refractivity contribution in [3.8, 4) is 6.07 Å². The fourth-order valence-electron chi connectivity index (χ4n) is 3.11. The Morgan fingerprint density at radius 3 is 2.65 bits per heavy atom. The average Bonchev–Trinajstić information content (AvgIpc) is 3.01. The molecule has 2 aliphatic rings. The van der Waals surface area contributed by atoms with Crippen LogP contribution in [0.4, 0.5) is 5.69 Å². The normalized spacial score (nSPS) is 23.8. The number of benzene rings is 1. The van der Waals surface area contributed by atoms with Crippen LogP contribution < -0.4 is 10.2 Å². The molecule has 0 aromatic heterocycles. The first-order chi connectivity index (χ1) is 9.78. The second kappa shape index (κ2) is 6.13. The highest BCUT2D eigenvalue weighted by molar-refractivity contribution is 9.10. The standard InChI is InChI=1S/C15H19BrN4/c16-14-9-12(10-17)1-2-15(14)20-7-5-19(6-8-20)13-3-4-18-11-13/h1-2,9,13,18H,3-8,11H2. The third-order valence-electron chi connectivity index (χ3n) is 4.28. The van der Waals surface area contributed by atoms with E-state index in [1.54, 1.807) is 0 Å². The van der Waals surface area contributed by atoms with Crippen LogP contribution in [0, 0.1) is 11.3 Å². The van der Waals surface area contributed by atoms with Crippen molar-refractivity contribution >= 4 is 21.6 Å². The monoisotopic (exact) mass is 334 g/mol. The Balaban J connectivity index is 1.64. The molecule has 0 aliphatic carbocycles. The van der Waals surface area contributed by atoms with Gasteiger partial charge in [0.15, 0.2) is 0 Å². The van der Waals surface area contributed by atoms with Crippen molar-refractivity contribution in [2.75, 3.05) is 44.2 Å². The predicted molar refractivity (Wildman–Crippen MR) is 83.9 cm³/mol. The summed E-state index contributed by atoms with van der Waals surface area (Å²) in [6.45, 7) is 6.66. The summed E-state index contributed by atoms with van der Waals surface area (Å²) in [5.74, 6) is 0. The summed E-state index contributed by atoms with van der Waals surface area (Å²) in [5.41, 5.74) is 1.91. The summed E-state index contributed by atoms with van der Waals surface area (Å²) in [6, 6.07) is 8.75. The van der Waals surface area contributed by atoms with Crippen LogP contribution in [0.5, 0.6) is 0 Å². The molecule has 0 spiro atoms. The number of halogens is 1. The minimum Gasteiger partial charge on any atom is -0.368 e. The highest BCUT2D eigenvalue weighted by atomic mass is 79.9. The molecule has 0 radical (unpaired) electrons. The van der Waals surface area contributed by atoms with Crippen molar-refractivity contribution in [3.05, 3.63) is 28.2 Å². The average molecular weight is 335 g/mol. The topological polar surface area (TPSA) is 42.3 Å². The van der Waals surface area contributed by atoms with Gasteiger partial charge in [0, 0.05) is 43.2 Å². The minimum absolute atomic E-state index is 0.705. The van der Waals surface area contributed by atoms with E-state index in [-0.39, 0.29) is 0 Å². The lowest BCUT2D eigenvalue weighted by Crippen LogP contribution is -2.51. The van der Waals surface area contributed by atoms with E-state index in [2.05, 4.69) is 43.2 Å². The van der Waals surface area contributed by atoms with Gasteiger partial charge in [-0.3, -0.25) is 4.90 Å². The first kappa shape index (κ1) is 13.9. The number of rotatable bonds is 2. The molecule has 1 unspecified atom stereocenters. The zero-order valence-electron chi connectivity index (χ0n) is 11.5. The molecule has 1 atom stereocenters. The Labute approximate surface area is 128 Å². The van der Waals surface area contributed by atoms with Crippen molar-refractivity contribution in [1.29, 1.82) is 5.26 Å². The largest absolute Gasteiger partial charge is 0.368 e. The first-order valence-electron chi connectivity index (χ1n) is 7.17. The van der Waals surface area contributed by atoms with Crippen LogP contribution in [0.25, 0.3) is 0 Å². The molecule has 2 fully saturated rings. The first-order valence-corrected chi connectivity index (χ1v) is 7.96. The van der Waals surface area contributed by atoms with E-state index in [1.807, 2.05) is 12.1 Å². The maximum Gasteiger partial charge on any atom is 0.0992 e. The molecule has 5 heteroatoms. The highest BCUT2D eigenvalue weighted by Gasteiger charge is 2.26. The Morgan fingerprint density at radius 2 is 2.05 bits per heavy atom. The van der Waals surface area contributed by atoms with Gasteiger partial charge in [-0.15, -0.1) is 0 Å². The molecule has 3 rings (SSSR count). The van der Waals surface area contributed by atoms with E-state index in [0.717, 1.165) is 49.8 Å². The Bertz CT molecular complexity index is 511. The van der Waals surface area contributed by atoms with Gasteiger partial charge in [0.2, 0.25) is 0 Å². The molecule has 20 heavy (non-hydrogen) atoms. The maximum atomic E-state index is 8.92. The van der Waals surface area contributed by atoms with Gasteiger partial charge in [0.05, 0.1) is 17.3 Å². The Morgan fingerprint density at radius 1 is 1.25 bits per heavy atom. The molecule has 4 nitrogen and oxygen atoms in total. The van der Waals surface area contributed by atoms with Gasteiger partial charge in [-0.1, -0.05) is 0 Å². The molecule has 0 bridgehead atoms. The fraction of sp³-hybridized carbons (Fsp3) is 0.533. The zero-order chi connectivity index (χ0) is 13.9. The van der Waals surface area contributed by atoms with Gasteiger partial charge in [0.25, 0.3) is 0 Å². The van der Waals surface area contributed by atoms with Crippen molar-refractivity contribution in [2.45, 2.75) is 12.5 Å². The molecular formula is C15H19BrN4. The molecule has 2 heterocycles. The SMILES string of the molecule is N#Cc1ccc(N2CCN(C3CCNC3)CC2)c(Br)c1. The number of nitrogens with one attached hydrogen (secondary N) is 1. The summed E-state index contributed by atoms with van der Waals surface area (Å²) in [4.78, 5) is 5.01. The molecule has 2 aliphatic heterocycles. The summed E-state index contributed by atoms with van der Waals surface area (Å²) in [5, 5.41) is 12.4. The number of hydrogen-bond acceptors (Lipinski definition) is 4. The number of hydrogen-bond donors (Lipinski definition) is 1. The molecule has 1 aromatic rings. The van der Waals surface area contributed by atoms with Crippen LogP contribution in [-0.2, 0) is 0 Å². The van der Waals surface area contributed by atoms with E-state index in [0.29, 0.717) is 5.56 Å². The molecular weight excluding hydrogens is 316 g/mol. The molecule has 1 N–H and O–H groups in total. The zero-order valence-corrected chi connectivity index (χ0v) is 13.1. The van der Waals surface area contributed by atoms with Crippen molar-refractivity contribution in [1.82, 2.24) is 10.2 Å². The second-order valence-corrected chi connectivity index (χ2v) is 6.30. The van der Waals surface area contributed by atoms with Crippen LogP contribution in [0.3, 0.4) is 0 Å². The van der Waals surface area contributed by atoms with E-state index < -0.39 is 0 Å². The quantitative estimate of drug-likeness (QED) is 0.895. The third kappa shape index (κ3) is 2.83. The molecule has 1 aromatic carbocycles. The van der Waals surface area contributed by atoms with Gasteiger partial charge in [-0.05, 0) is 47.1 Å². The van der Waals surface area contributed by atoms with Gasteiger partial charge in [-0.2, -0.15) is 5.26 Å². The Hall–Kier alpha value is -1.09. The molecule has 2 saturated heterocycles. The number of nitrogens with zero attached hydrogens (tertiary/aromatic N) is 3. The summed E-state index contributed by atoms with van der Waals surface area (Å²) >= 11 is 3.59. The Kier molecular flexibility index (Phi) is 4.25. The van der Waals surface area contributed by atoms with E-state index in [9.17, 15) is 0 Å². The van der Waals surface area contributed by atoms with Crippen LogP contribution in [0.1, 0.15) is 12.0 Å². The molecule has 0 saturated carbocycles. The smallest absolute Gasteiger partial charge is 0.0992 e. The van der Waals surface area contributed by atoms with Crippen LogP contribution in [-0.4, -0.2) is 50.2 Å². The summed E-state index contributed by atoms with van der Waals surface area (Å²) in [6.07, 6.45) is 1.28. The van der Waals surface area contributed by atoms with Gasteiger partial charge in [0.1, 0.15) is 0 Å². The number of piperazine rings is 1. The summed E-state index contributed by atoms with van der Waals surface area (Å²) < 4.78 is 1.02. The van der Waals surface area contributed by atoms with E-state index in [1.165, 1.54) is 12.1 Å². The fourth-order valence-corrected chi connectivity index (χ4v) is 3.74. The van der Waals surface area contributed by atoms with E-state index >= 15 is 0 Å². The minimum atomic E-state index is 0.705. The lowest BCUT2D eigenvalue weighted by atomic mass is 10.1. The predicted octanol–water partition coefficient (Wildman–Crippen LogP) is 1.80. The van der Waals surface area contributed by atoms with Crippen molar-refractivity contribution in [2.24, 2.45) is 0 Å². The van der Waals surface area contributed by atoms with Crippen LogP contribution >= 0.6 is 15.9 Å². The third-order valence-corrected chi connectivity index (χ3v) is 4.92. The van der Waals surface area contributed by atoms with Gasteiger partial charge < -0.3 is 10.2 Å². The van der Waals surface area contributed by atoms with Gasteiger partial charge in [-0.25, -0.2) is 0 Å². The van der Waals surface area contributed by atoms with Crippen LogP contribution in [0.2, 0.25) is 0 Å². The van der Waals surface area contributed by atoms with Crippen LogP contribution in [0.15, 0.2) is 22.7 Å².